The highest BCUT2D eigenvalue weighted by Crippen LogP contribution is 2.24. The van der Waals surface area contributed by atoms with Crippen molar-refractivity contribution in [3.63, 3.8) is 0 Å². The van der Waals surface area contributed by atoms with Gasteiger partial charge in [-0.15, -0.1) is 0 Å². The monoisotopic (exact) mass is 318 g/mol. The zero-order valence-corrected chi connectivity index (χ0v) is 13.3. The molecule has 0 atom stereocenters. The molecule has 0 radical (unpaired) electrons. The SMILES string of the molecule is CCC(C)(C)NC(=O)CS(=O)(=O)c1ccc(N)cc1Cl. The Morgan fingerprint density at radius 3 is 2.50 bits per heavy atom. The number of sulfone groups is 1. The predicted octanol–water partition coefficient (Wildman–Crippen LogP) is 2.00. The van der Waals surface area contributed by atoms with Crippen molar-refractivity contribution in [3.8, 4) is 0 Å². The maximum absolute atomic E-state index is 12.2. The van der Waals surface area contributed by atoms with E-state index in [2.05, 4.69) is 5.32 Å². The molecule has 1 aromatic carbocycles. The fraction of sp³-hybridized carbons (Fsp3) is 0.462. The van der Waals surface area contributed by atoms with Gasteiger partial charge < -0.3 is 11.1 Å². The van der Waals surface area contributed by atoms with Gasteiger partial charge in [0.2, 0.25) is 5.91 Å². The summed E-state index contributed by atoms with van der Waals surface area (Å²) in [5, 5.41) is 2.70. The van der Waals surface area contributed by atoms with E-state index in [-0.39, 0.29) is 9.92 Å². The standard InChI is InChI=1S/C13H19ClN2O3S/c1-4-13(2,3)16-12(17)8-20(18,19)11-6-5-9(15)7-10(11)14/h5-7H,4,8,15H2,1-3H3,(H,16,17). The van der Waals surface area contributed by atoms with Crippen LogP contribution < -0.4 is 11.1 Å². The minimum Gasteiger partial charge on any atom is -0.399 e. The lowest BCUT2D eigenvalue weighted by Gasteiger charge is -2.24. The average Bonchev–Trinajstić information content (AvgIpc) is 2.26. The smallest absolute Gasteiger partial charge is 0.235 e. The molecule has 0 bridgehead atoms. The van der Waals surface area contributed by atoms with Gasteiger partial charge in [-0.25, -0.2) is 8.42 Å². The van der Waals surface area contributed by atoms with Crippen LogP contribution in [-0.2, 0) is 14.6 Å². The van der Waals surface area contributed by atoms with Crippen molar-refractivity contribution in [2.24, 2.45) is 0 Å². The highest BCUT2D eigenvalue weighted by atomic mass is 35.5. The molecule has 1 amide bonds. The Bertz CT molecular complexity index is 612. The molecule has 0 aliphatic heterocycles. The van der Waals surface area contributed by atoms with Crippen molar-refractivity contribution in [3.05, 3.63) is 23.2 Å². The zero-order chi connectivity index (χ0) is 15.6. The Hall–Kier alpha value is -1.27. The van der Waals surface area contributed by atoms with Crippen molar-refractivity contribution in [1.29, 1.82) is 0 Å². The normalized spacial score (nSPS) is 12.2. The zero-order valence-electron chi connectivity index (χ0n) is 11.7. The van der Waals surface area contributed by atoms with E-state index in [1.54, 1.807) is 0 Å². The van der Waals surface area contributed by atoms with Crippen molar-refractivity contribution < 1.29 is 13.2 Å². The highest BCUT2D eigenvalue weighted by molar-refractivity contribution is 7.92. The van der Waals surface area contributed by atoms with Crippen LogP contribution in [0.1, 0.15) is 27.2 Å². The number of anilines is 1. The molecule has 0 aliphatic carbocycles. The third-order valence-electron chi connectivity index (χ3n) is 2.97. The molecule has 0 aliphatic rings. The van der Waals surface area contributed by atoms with Gasteiger partial charge in [0.05, 0.1) is 9.92 Å². The fourth-order valence-electron chi connectivity index (χ4n) is 1.52. The Labute approximate surface area is 124 Å². The molecule has 3 N–H and O–H groups in total. The number of benzene rings is 1. The molecule has 0 heterocycles. The fourth-order valence-corrected chi connectivity index (χ4v) is 3.27. The second-order valence-electron chi connectivity index (χ2n) is 5.23. The molecule has 1 rings (SSSR count). The van der Waals surface area contributed by atoms with E-state index in [9.17, 15) is 13.2 Å². The van der Waals surface area contributed by atoms with Crippen LogP contribution >= 0.6 is 11.6 Å². The van der Waals surface area contributed by atoms with Crippen molar-refractivity contribution in [2.75, 3.05) is 11.5 Å². The van der Waals surface area contributed by atoms with Crippen LogP contribution in [0.15, 0.2) is 23.1 Å². The largest absolute Gasteiger partial charge is 0.399 e. The number of hydrogen-bond acceptors (Lipinski definition) is 4. The summed E-state index contributed by atoms with van der Waals surface area (Å²) in [4.78, 5) is 11.7. The summed E-state index contributed by atoms with van der Waals surface area (Å²) < 4.78 is 24.3. The topological polar surface area (TPSA) is 89.3 Å². The van der Waals surface area contributed by atoms with Gasteiger partial charge in [0, 0.05) is 11.2 Å². The average molecular weight is 319 g/mol. The van der Waals surface area contributed by atoms with Gasteiger partial charge in [-0.05, 0) is 38.5 Å². The molecule has 5 nitrogen and oxygen atoms in total. The van der Waals surface area contributed by atoms with E-state index >= 15 is 0 Å². The number of carbonyl (C=O) groups is 1. The van der Waals surface area contributed by atoms with Crippen molar-refractivity contribution >= 4 is 33.0 Å². The maximum Gasteiger partial charge on any atom is 0.235 e. The number of nitrogens with two attached hydrogens (primary N) is 1. The van der Waals surface area contributed by atoms with Gasteiger partial charge in [-0.1, -0.05) is 18.5 Å². The lowest BCUT2D eigenvalue weighted by atomic mass is 10.0. The van der Waals surface area contributed by atoms with Crippen molar-refractivity contribution in [1.82, 2.24) is 5.32 Å². The molecular weight excluding hydrogens is 300 g/mol. The molecule has 0 spiro atoms. The van der Waals surface area contributed by atoms with E-state index in [1.165, 1.54) is 18.2 Å². The summed E-state index contributed by atoms with van der Waals surface area (Å²) in [5.41, 5.74) is 5.43. The Kier molecular flexibility index (Phi) is 5.05. The van der Waals surface area contributed by atoms with E-state index in [1.807, 2.05) is 20.8 Å². The molecule has 0 aromatic heterocycles. The Morgan fingerprint density at radius 2 is 2.00 bits per heavy atom. The summed E-state index contributed by atoms with van der Waals surface area (Å²) in [6.45, 7) is 5.56. The minimum atomic E-state index is -3.79. The van der Waals surface area contributed by atoms with Gasteiger partial charge >= 0.3 is 0 Å². The Morgan fingerprint density at radius 1 is 1.40 bits per heavy atom. The minimum absolute atomic E-state index is 0.0209. The lowest BCUT2D eigenvalue weighted by Crippen LogP contribution is -2.45. The van der Waals surface area contributed by atoms with Crippen LogP contribution in [0, 0.1) is 0 Å². The number of amides is 1. The van der Waals surface area contributed by atoms with Crippen molar-refractivity contribution in [2.45, 2.75) is 37.6 Å². The summed E-state index contributed by atoms with van der Waals surface area (Å²) >= 11 is 5.87. The first-order chi connectivity index (χ1) is 9.07. The molecule has 7 heteroatoms. The van der Waals surface area contributed by atoms with E-state index < -0.39 is 27.0 Å². The van der Waals surface area contributed by atoms with Crippen LogP contribution in [0.3, 0.4) is 0 Å². The van der Waals surface area contributed by atoms with Crippen LogP contribution in [0.2, 0.25) is 5.02 Å². The molecule has 20 heavy (non-hydrogen) atoms. The van der Waals surface area contributed by atoms with Crippen LogP contribution in [0.5, 0.6) is 0 Å². The summed E-state index contributed by atoms with van der Waals surface area (Å²) in [7, 11) is -3.79. The summed E-state index contributed by atoms with van der Waals surface area (Å²) in [5.74, 6) is -1.19. The van der Waals surface area contributed by atoms with Gasteiger partial charge in [0.1, 0.15) is 5.75 Å². The summed E-state index contributed by atoms with van der Waals surface area (Å²) in [6.07, 6.45) is 0.696. The maximum atomic E-state index is 12.2. The molecule has 1 aromatic rings. The summed E-state index contributed by atoms with van der Waals surface area (Å²) in [6, 6.07) is 4.10. The van der Waals surface area contributed by atoms with E-state index in [4.69, 9.17) is 17.3 Å². The first-order valence-corrected chi connectivity index (χ1v) is 8.19. The quantitative estimate of drug-likeness (QED) is 0.813. The van der Waals surface area contributed by atoms with E-state index in [0.29, 0.717) is 12.1 Å². The molecule has 112 valence electrons. The second-order valence-corrected chi connectivity index (χ2v) is 7.60. The third-order valence-corrected chi connectivity index (χ3v) is 5.07. The number of nitrogens with one attached hydrogen (secondary N) is 1. The first kappa shape index (κ1) is 16.8. The van der Waals surface area contributed by atoms with Crippen LogP contribution in [0.25, 0.3) is 0 Å². The number of nitrogen functional groups attached to an aromatic ring is 1. The third kappa shape index (κ3) is 4.38. The van der Waals surface area contributed by atoms with Gasteiger partial charge in [0.25, 0.3) is 0 Å². The molecule has 0 unspecified atom stereocenters. The van der Waals surface area contributed by atoms with Gasteiger partial charge in [-0.2, -0.15) is 0 Å². The molecule has 0 saturated carbocycles. The number of carbonyl (C=O) groups excluding carboxylic acids is 1. The molecule has 0 fully saturated rings. The first-order valence-electron chi connectivity index (χ1n) is 6.16. The van der Waals surface area contributed by atoms with E-state index in [0.717, 1.165) is 0 Å². The van der Waals surface area contributed by atoms with Gasteiger partial charge in [0.15, 0.2) is 9.84 Å². The Balaban J connectivity index is 2.93. The number of hydrogen-bond donors (Lipinski definition) is 2. The number of rotatable bonds is 5. The highest BCUT2D eigenvalue weighted by Gasteiger charge is 2.25. The van der Waals surface area contributed by atoms with Gasteiger partial charge in [-0.3, -0.25) is 4.79 Å². The number of halogens is 1. The molecule has 0 saturated heterocycles. The molecular formula is C13H19ClN2O3S. The van der Waals surface area contributed by atoms with Crippen LogP contribution in [0.4, 0.5) is 5.69 Å². The van der Waals surface area contributed by atoms with Crippen LogP contribution in [-0.4, -0.2) is 25.6 Å². The second kappa shape index (κ2) is 6.01. The lowest BCUT2D eigenvalue weighted by molar-refractivity contribution is -0.120. The predicted molar refractivity (Wildman–Crippen MR) is 80.4 cm³/mol.